The predicted octanol–water partition coefficient (Wildman–Crippen LogP) is 23.8. The van der Waals surface area contributed by atoms with E-state index >= 15 is 0 Å². The van der Waals surface area contributed by atoms with Crippen LogP contribution in [-0.2, 0) is 0 Å². The van der Waals surface area contributed by atoms with Crippen molar-refractivity contribution in [3.05, 3.63) is 315 Å². The lowest BCUT2D eigenvalue weighted by molar-refractivity contribution is 0.667. The number of thiophene rings is 1. The highest BCUT2D eigenvalue weighted by molar-refractivity contribution is 7.26. The Balaban J connectivity index is 0.000000132. The van der Waals surface area contributed by atoms with Gasteiger partial charge in [-0.05, 0) is 152 Å². The van der Waals surface area contributed by atoms with Crippen molar-refractivity contribution in [2.24, 2.45) is 0 Å². The van der Waals surface area contributed by atoms with E-state index in [-0.39, 0.29) is 0 Å². The highest BCUT2D eigenvalue weighted by Crippen LogP contribution is 2.45. The molecular formula is C88H52N6OS. The van der Waals surface area contributed by atoms with E-state index in [0.29, 0.717) is 11.4 Å². The molecule has 6 heterocycles. The van der Waals surface area contributed by atoms with Crippen LogP contribution in [0.2, 0.25) is 0 Å². The molecule has 0 radical (unpaired) electrons. The van der Waals surface area contributed by atoms with Crippen LogP contribution in [0.3, 0.4) is 0 Å². The van der Waals surface area contributed by atoms with Crippen molar-refractivity contribution >= 4 is 151 Å². The van der Waals surface area contributed by atoms with Crippen molar-refractivity contribution < 1.29 is 4.42 Å². The van der Waals surface area contributed by atoms with Gasteiger partial charge in [-0.3, -0.25) is 0 Å². The van der Waals surface area contributed by atoms with E-state index in [9.17, 15) is 0 Å². The van der Waals surface area contributed by atoms with Gasteiger partial charge in [0.15, 0.2) is 17.2 Å². The molecule has 0 unspecified atom stereocenters. The summed E-state index contributed by atoms with van der Waals surface area (Å²) in [6, 6.07) is 112. The van der Waals surface area contributed by atoms with Crippen LogP contribution >= 0.6 is 11.3 Å². The number of hydrogen-bond acceptors (Lipinski definition) is 6. The fourth-order valence-corrected chi connectivity index (χ4v) is 15.9. The first-order chi connectivity index (χ1) is 47.6. The van der Waals surface area contributed by atoms with E-state index in [1.807, 2.05) is 18.2 Å². The summed E-state index contributed by atoms with van der Waals surface area (Å²) in [4.78, 5) is 21.0. The van der Waals surface area contributed by atoms with Crippen LogP contribution in [0, 0.1) is 0 Å². The number of benzene rings is 15. The van der Waals surface area contributed by atoms with Crippen molar-refractivity contribution in [3.8, 4) is 56.7 Å². The highest BCUT2D eigenvalue weighted by Gasteiger charge is 2.23. The fraction of sp³-hybridized carbons (Fsp3) is 0. The van der Waals surface area contributed by atoms with Crippen LogP contribution < -0.4 is 0 Å². The van der Waals surface area contributed by atoms with Gasteiger partial charge in [-0.1, -0.05) is 212 Å². The zero-order chi connectivity index (χ0) is 63.0. The Morgan fingerprint density at radius 3 is 1.40 bits per heavy atom. The quantitative estimate of drug-likeness (QED) is 0.166. The van der Waals surface area contributed by atoms with Gasteiger partial charge in [0.1, 0.15) is 16.8 Å². The lowest BCUT2D eigenvalue weighted by Crippen LogP contribution is -1.98. The first-order valence-corrected chi connectivity index (χ1v) is 33.2. The Labute approximate surface area is 553 Å². The average Bonchev–Trinajstić information content (AvgIpc) is 1.56. The zero-order valence-electron chi connectivity index (χ0n) is 51.5. The van der Waals surface area contributed by atoms with Crippen molar-refractivity contribution in [2.75, 3.05) is 0 Å². The molecule has 0 atom stereocenters. The van der Waals surface area contributed by atoms with Gasteiger partial charge in [0.2, 0.25) is 0 Å². The summed E-state index contributed by atoms with van der Waals surface area (Å²) in [6.07, 6.45) is 0. The molecule has 6 aromatic heterocycles. The minimum atomic E-state index is 0.668. The van der Waals surface area contributed by atoms with Gasteiger partial charge in [-0.2, -0.15) is 0 Å². The first-order valence-electron chi connectivity index (χ1n) is 32.4. The molecule has 8 heteroatoms. The molecule has 0 spiro atoms. The smallest absolute Gasteiger partial charge is 0.180 e. The van der Waals surface area contributed by atoms with Gasteiger partial charge in [0.05, 0.1) is 43.7 Å². The minimum Gasteiger partial charge on any atom is -0.452 e. The second-order valence-corrected chi connectivity index (χ2v) is 25.9. The molecule has 0 aliphatic carbocycles. The Morgan fingerprint density at radius 1 is 0.281 bits per heavy atom. The molecule has 0 N–H and O–H groups in total. The second kappa shape index (κ2) is 21.5. The van der Waals surface area contributed by atoms with E-state index in [4.69, 9.17) is 24.4 Å². The number of hydrogen-bond donors (Lipinski definition) is 0. The zero-order valence-corrected chi connectivity index (χ0v) is 52.3. The Bertz CT molecular complexity index is 6790. The van der Waals surface area contributed by atoms with Crippen molar-refractivity contribution in [1.82, 2.24) is 29.1 Å². The molecule has 21 aromatic rings. The first kappa shape index (κ1) is 54.0. The average molecular weight is 1240 g/mol. The topological polar surface area (TPSA) is 74.6 Å². The maximum absolute atomic E-state index is 6.39. The monoisotopic (exact) mass is 1240 g/mol. The number of fused-ring (bicyclic) bond motifs is 17. The fourth-order valence-electron chi connectivity index (χ4n) is 14.8. The van der Waals surface area contributed by atoms with Gasteiger partial charge < -0.3 is 13.6 Å². The van der Waals surface area contributed by atoms with E-state index in [1.54, 1.807) is 11.3 Å². The van der Waals surface area contributed by atoms with Crippen molar-refractivity contribution in [1.29, 1.82) is 0 Å². The molecule has 0 aliphatic heterocycles. The Hall–Kier alpha value is -12.6. The van der Waals surface area contributed by atoms with Crippen LogP contribution in [0.5, 0.6) is 0 Å². The Kier molecular flexibility index (Phi) is 12.1. The lowest BCUT2D eigenvalue weighted by Gasteiger charge is -2.15. The van der Waals surface area contributed by atoms with Gasteiger partial charge in [0, 0.05) is 70.3 Å². The third-order valence-electron chi connectivity index (χ3n) is 19.3. The molecule has 21 rings (SSSR count). The van der Waals surface area contributed by atoms with Gasteiger partial charge in [0.25, 0.3) is 0 Å². The second-order valence-electron chi connectivity index (χ2n) is 24.8. The lowest BCUT2D eigenvalue weighted by atomic mass is 10.0. The summed E-state index contributed by atoms with van der Waals surface area (Å²) in [7, 11) is 0. The number of furan rings is 1. The van der Waals surface area contributed by atoms with E-state index < -0.39 is 0 Å². The number of para-hydroxylation sites is 3. The molecule has 96 heavy (non-hydrogen) atoms. The minimum absolute atomic E-state index is 0.668. The van der Waals surface area contributed by atoms with Crippen LogP contribution in [0.1, 0.15) is 0 Å². The molecule has 0 aliphatic rings. The summed E-state index contributed by atoms with van der Waals surface area (Å²) in [6.45, 7) is 0. The summed E-state index contributed by atoms with van der Waals surface area (Å²) < 4.78 is 13.5. The SMILES string of the molecule is c1ccc2cc(-c3nc(-c4ccc(-n5c6ccccc6c6cc7ccccc7cc65)c5ccccc45)nc4c3sc3ccccc34)ccc2c1.c1ccc2cc(-c3nc(-c4ccc(-n5c6ccccc6c6cc7ccccc7cc65)cc4)nc4c3oc3ccccc34)ccc2c1. The van der Waals surface area contributed by atoms with Crippen LogP contribution in [0.15, 0.2) is 320 Å². The van der Waals surface area contributed by atoms with Crippen LogP contribution in [0.4, 0.5) is 0 Å². The molecule has 15 aromatic carbocycles. The normalized spacial score (nSPS) is 12.0. The molecule has 0 saturated heterocycles. The predicted molar refractivity (Wildman–Crippen MR) is 402 cm³/mol. The van der Waals surface area contributed by atoms with Gasteiger partial charge >= 0.3 is 0 Å². The number of nitrogens with zero attached hydrogens (tertiary/aromatic N) is 6. The summed E-state index contributed by atoms with van der Waals surface area (Å²) in [5, 5.41) is 19.2. The molecular weight excluding hydrogens is 1190 g/mol. The highest BCUT2D eigenvalue weighted by atomic mass is 32.1. The maximum atomic E-state index is 6.39. The number of aromatic nitrogens is 6. The van der Waals surface area contributed by atoms with E-state index in [0.717, 1.165) is 99.1 Å². The van der Waals surface area contributed by atoms with Crippen LogP contribution in [-0.4, -0.2) is 29.1 Å². The van der Waals surface area contributed by atoms with E-state index in [2.05, 4.69) is 306 Å². The summed E-state index contributed by atoms with van der Waals surface area (Å²) in [5.41, 5.74) is 16.2. The van der Waals surface area contributed by atoms with Gasteiger partial charge in [-0.25, -0.2) is 19.9 Å². The molecule has 446 valence electrons. The molecule has 0 saturated carbocycles. The maximum Gasteiger partial charge on any atom is 0.180 e. The third kappa shape index (κ3) is 8.59. The van der Waals surface area contributed by atoms with Gasteiger partial charge in [-0.15, -0.1) is 11.3 Å². The standard InChI is InChI=1S/C46H27N3S.C42H25N3O/c1-2-12-29-25-32(22-21-28(29)11-1)43-45-44(37-18-8-10-20-42(37)50-45)48-46(47-43)36-23-24-40(34-16-6-5-15-33(34)36)49-39-19-9-7-17-35(39)38-26-30-13-3-4-14-31(30)27-41(38)49;1-2-10-28-23-31(18-17-26(28)9-1)39-41-40(34-14-6-8-16-38(34)46-41)44-42(43-39)27-19-21-32(22-20-27)45-36-15-7-5-13-33(36)35-24-29-11-3-4-12-30(29)25-37(35)45/h1-27H;1-25H. The third-order valence-corrected chi connectivity index (χ3v) is 20.5. The van der Waals surface area contributed by atoms with Crippen molar-refractivity contribution in [3.63, 3.8) is 0 Å². The largest absolute Gasteiger partial charge is 0.452 e. The number of rotatable bonds is 6. The molecule has 0 amide bonds. The molecule has 0 bridgehead atoms. The van der Waals surface area contributed by atoms with E-state index in [1.165, 1.54) is 86.0 Å². The molecule has 0 fully saturated rings. The van der Waals surface area contributed by atoms with Crippen LogP contribution in [0.25, 0.3) is 197 Å². The molecule has 7 nitrogen and oxygen atoms in total. The summed E-state index contributed by atoms with van der Waals surface area (Å²) >= 11 is 1.77. The van der Waals surface area contributed by atoms with Crippen molar-refractivity contribution in [2.45, 2.75) is 0 Å². The Morgan fingerprint density at radius 2 is 0.750 bits per heavy atom. The summed E-state index contributed by atoms with van der Waals surface area (Å²) in [5.74, 6) is 1.40.